The second kappa shape index (κ2) is 5.07. The number of anilines is 1. The first-order valence-corrected chi connectivity index (χ1v) is 5.63. The van der Waals surface area contributed by atoms with E-state index in [0.29, 0.717) is 5.69 Å². The minimum absolute atomic E-state index is 0.0916. The van der Waals surface area contributed by atoms with Crippen molar-refractivity contribution in [2.45, 2.75) is 24.0 Å². The fourth-order valence-corrected chi connectivity index (χ4v) is 2.23. The Labute approximate surface area is 93.7 Å². The molecule has 0 aliphatic rings. The maximum atomic E-state index is 11.0. The summed E-state index contributed by atoms with van der Waals surface area (Å²) in [5, 5.41) is 8.60. The lowest BCUT2D eigenvalue weighted by atomic mass is 10.1. The van der Waals surface area contributed by atoms with Crippen molar-refractivity contribution in [3.8, 4) is 0 Å². The third kappa shape index (κ3) is 3.47. The SMILES string of the molecule is CC(C)C(Sc1cccc(N)c1)C(=O)O. The van der Waals surface area contributed by atoms with Gasteiger partial charge in [0.2, 0.25) is 0 Å². The molecule has 1 atom stereocenters. The monoisotopic (exact) mass is 225 g/mol. The molecule has 82 valence electrons. The zero-order chi connectivity index (χ0) is 11.4. The second-order valence-corrected chi connectivity index (χ2v) is 4.91. The highest BCUT2D eigenvalue weighted by Crippen LogP contribution is 2.29. The van der Waals surface area contributed by atoms with Crippen LogP contribution in [0.4, 0.5) is 5.69 Å². The first-order valence-electron chi connectivity index (χ1n) is 4.75. The van der Waals surface area contributed by atoms with Crippen LogP contribution in [0.1, 0.15) is 13.8 Å². The Morgan fingerprint density at radius 2 is 2.13 bits per heavy atom. The van der Waals surface area contributed by atoms with Crippen molar-refractivity contribution < 1.29 is 9.90 Å². The molecule has 0 heterocycles. The van der Waals surface area contributed by atoms with Crippen LogP contribution in [0.3, 0.4) is 0 Å². The summed E-state index contributed by atoms with van der Waals surface area (Å²) in [5.74, 6) is -0.689. The number of benzene rings is 1. The predicted octanol–water partition coefficient (Wildman–Crippen LogP) is 2.47. The topological polar surface area (TPSA) is 63.3 Å². The van der Waals surface area contributed by atoms with E-state index in [1.807, 2.05) is 26.0 Å². The summed E-state index contributed by atoms with van der Waals surface area (Å²) >= 11 is 1.34. The van der Waals surface area contributed by atoms with Crippen molar-refractivity contribution in [1.29, 1.82) is 0 Å². The lowest BCUT2D eigenvalue weighted by Crippen LogP contribution is -2.22. The van der Waals surface area contributed by atoms with E-state index in [1.54, 1.807) is 12.1 Å². The number of rotatable bonds is 4. The van der Waals surface area contributed by atoms with Gasteiger partial charge in [-0.3, -0.25) is 4.79 Å². The molecule has 0 saturated carbocycles. The Balaban J connectivity index is 2.79. The molecule has 15 heavy (non-hydrogen) atoms. The van der Waals surface area contributed by atoms with Crippen molar-refractivity contribution >= 4 is 23.4 Å². The summed E-state index contributed by atoms with van der Waals surface area (Å²) in [6.07, 6.45) is 0. The second-order valence-electron chi connectivity index (χ2n) is 3.69. The smallest absolute Gasteiger partial charge is 0.317 e. The van der Waals surface area contributed by atoms with Crippen LogP contribution in [-0.4, -0.2) is 16.3 Å². The van der Waals surface area contributed by atoms with Crippen molar-refractivity contribution in [3.63, 3.8) is 0 Å². The standard InChI is InChI=1S/C11H15NO2S/c1-7(2)10(11(13)14)15-9-5-3-4-8(12)6-9/h3-7,10H,12H2,1-2H3,(H,13,14). The molecule has 0 amide bonds. The number of hydrogen-bond donors (Lipinski definition) is 2. The molecule has 1 unspecified atom stereocenters. The summed E-state index contributed by atoms with van der Waals surface area (Å²) < 4.78 is 0. The zero-order valence-electron chi connectivity index (χ0n) is 8.81. The van der Waals surface area contributed by atoms with Gasteiger partial charge in [0.05, 0.1) is 0 Å². The first kappa shape index (κ1) is 11.9. The molecule has 3 N–H and O–H groups in total. The number of carboxylic acid groups (broad SMARTS) is 1. The van der Waals surface area contributed by atoms with Gasteiger partial charge in [-0.2, -0.15) is 0 Å². The molecule has 0 aliphatic heterocycles. The van der Waals surface area contributed by atoms with Crippen molar-refractivity contribution in [3.05, 3.63) is 24.3 Å². The third-order valence-corrected chi connectivity index (χ3v) is 3.50. The Hall–Kier alpha value is -1.16. The molecule has 3 nitrogen and oxygen atoms in total. The Bertz CT molecular complexity index is 352. The van der Waals surface area contributed by atoms with Gasteiger partial charge in [-0.1, -0.05) is 19.9 Å². The minimum atomic E-state index is -0.780. The number of aliphatic carboxylic acids is 1. The van der Waals surface area contributed by atoms with Crippen LogP contribution >= 0.6 is 11.8 Å². The van der Waals surface area contributed by atoms with Crippen LogP contribution in [0.15, 0.2) is 29.2 Å². The van der Waals surface area contributed by atoms with Gasteiger partial charge < -0.3 is 10.8 Å². The van der Waals surface area contributed by atoms with Crippen LogP contribution < -0.4 is 5.73 Å². The summed E-state index contributed by atoms with van der Waals surface area (Å²) in [6, 6.07) is 7.29. The molecule has 4 heteroatoms. The van der Waals surface area contributed by atoms with Crippen LogP contribution in [0.25, 0.3) is 0 Å². The van der Waals surface area contributed by atoms with E-state index >= 15 is 0 Å². The average molecular weight is 225 g/mol. The molecule has 1 aromatic carbocycles. The number of carboxylic acids is 1. The van der Waals surface area contributed by atoms with Crippen LogP contribution in [-0.2, 0) is 4.79 Å². The third-order valence-electron chi connectivity index (χ3n) is 1.97. The normalized spacial score (nSPS) is 12.7. The van der Waals surface area contributed by atoms with Crippen LogP contribution in [0.2, 0.25) is 0 Å². The van der Waals surface area contributed by atoms with Crippen LogP contribution in [0, 0.1) is 5.92 Å². The Kier molecular flexibility index (Phi) is 4.03. The van der Waals surface area contributed by atoms with E-state index in [1.165, 1.54) is 11.8 Å². The van der Waals surface area contributed by atoms with E-state index in [9.17, 15) is 4.79 Å². The van der Waals surface area contributed by atoms with Crippen LogP contribution in [0.5, 0.6) is 0 Å². The predicted molar refractivity (Wildman–Crippen MR) is 63.0 cm³/mol. The summed E-state index contributed by atoms with van der Waals surface area (Å²) in [4.78, 5) is 11.9. The molecular formula is C11H15NO2S. The zero-order valence-corrected chi connectivity index (χ0v) is 9.62. The maximum Gasteiger partial charge on any atom is 0.317 e. The number of nitrogen functional groups attached to an aromatic ring is 1. The van der Waals surface area contributed by atoms with E-state index in [4.69, 9.17) is 10.8 Å². The van der Waals surface area contributed by atoms with E-state index in [2.05, 4.69) is 0 Å². The minimum Gasteiger partial charge on any atom is -0.480 e. The fraction of sp³-hybridized carbons (Fsp3) is 0.364. The van der Waals surface area contributed by atoms with Gasteiger partial charge in [0.25, 0.3) is 0 Å². The highest BCUT2D eigenvalue weighted by Gasteiger charge is 2.22. The Morgan fingerprint density at radius 3 is 2.60 bits per heavy atom. The van der Waals surface area contributed by atoms with Gasteiger partial charge in [-0.15, -0.1) is 11.8 Å². The molecule has 0 spiro atoms. The number of nitrogens with two attached hydrogens (primary N) is 1. The van der Waals surface area contributed by atoms with Crippen molar-refractivity contribution in [2.24, 2.45) is 5.92 Å². The van der Waals surface area contributed by atoms with E-state index < -0.39 is 11.2 Å². The highest BCUT2D eigenvalue weighted by molar-refractivity contribution is 8.00. The number of thioether (sulfide) groups is 1. The van der Waals surface area contributed by atoms with Gasteiger partial charge in [-0.25, -0.2) is 0 Å². The average Bonchev–Trinajstić information content (AvgIpc) is 2.13. The van der Waals surface area contributed by atoms with Crippen molar-refractivity contribution in [2.75, 3.05) is 5.73 Å². The maximum absolute atomic E-state index is 11.0. The molecule has 0 radical (unpaired) electrons. The molecule has 1 aromatic rings. The van der Waals surface area contributed by atoms with Gasteiger partial charge >= 0.3 is 5.97 Å². The quantitative estimate of drug-likeness (QED) is 0.610. The number of carbonyl (C=O) groups is 1. The van der Waals surface area contributed by atoms with Gasteiger partial charge in [0.1, 0.15) is 5.25 Å². The number of hydrogen-bond acceptors (Lipinski definition) is 3. The van der Waals surface area contributed by atoms with E-state index in [-0.39, 0.29) is 5.92 Å². The molecule has 1 rings (SSSR count). The lowest BCUT2D eigenvalue weighted by molar-refractivity contribution is -0.137. The molecule has 0 bridgehead atoms. The summed E-state index contributed by atoms with van der Waals surface area (Å²) in [6.45, 7) is 3.80. The molecular weight excluding hydrogens is 210 g/mol. The highest BCUT2D eigenvalue weighted by atomic mass is 32.2. The summed E-state index contributed by atoms with van der Waals surface area (Å²) in [7, 11) is 0. The van der Waals surface area contributed by atoms with Crippen molar-refractivity contribution in [1.82, 2.24) is 0 Å². The molecule has 0 aliphatic carbocycles. The summed E-state index contributed by atoms with van der Waals surface area (Å²) in [5.41, 5.74) is 6.29. The Morgan fingerprint density at radius 1 is 1.47 bits per heavy atom. The molecule has 0 fully saturated rings. The first-order chi connectivity index (χ1) is 7.00. The fourth-order valence-electron chi connectivity index (χ4n) is 1.21. The molecule has 0 aromatic heterocycles. The largest absolute Gasteiger partial charge is 0.480 e. The lowest BCUT2D eigenvalue weighted by Gasteiger charge is -2.15. The van der Waals surface area contributed by atoms with Gasteiger partial charge in [0.15, 0.2) is 0 Å². The van der Waals surface area contributed by atoms with E-state index in [0.717, 1.165) is 4.90 Å². The van der Waals surface area contributed by atoms with Gasteiger partial charge in [0, 0.05) is 10.6 Å². The van der Waals surface area contributed by atoms with Gasteiger partial charge in [-0.05, 0) is 24.1 Å². The molecule has 0 saturated heterocycles.